The third kappa shape index (κ3) is 2.79. The minimum Gasteiger partial charge on any atom is -0.480 e. The number of carbonyl (C=O) groups excluding carboxylic acids is 1. The van der Waals surface area contributed by atoms with Crippen LogP contribution in [-0.4, -0.2) is 27.6 Å². The summed E-state index contributed by atoms with van der Waals surface area (Å²) >= 11 is 1.45. The predicted octanol–water partition coefficient (Wildman–Crippen LogP) is 1.34. The Bertz CT molecular complexity index is 427. The first-order chi connectivity index (χ1) is 8.62. The quantitative estimate of drug-likeness (QED) is 0.769. The summed E-state index contributed by atoms with van der Waals surface area (Å²) in [6.45, 7) is 0.311. The molecule has 0 saturated heterocycles. The molecule has 18 heavy (non-hydrogen) atoms. The highest BCUT2D eigenvalue weighted by Crippen LogP contribution is 2.29. The molecule has 0 unspecified atom stereocenters. The Kier molecular flexibility index (Phi) is 3.81. The number of thiazole rings is 1. The average Bonchev–Trinajstić information content (AvgIpc) is 2.97. The summed E-state index contributed by atoms with van der Waals surface area (Å²) in [6.07, 6.45) is 2.65. The van der Waals surface area contributed by atoms with Crippen molar-refractivity contribution in [1.29, 1.82) is 0 Å². The summed E-state index contributed by atoms with van der Waals surface area (Å²) < 4.78 is 0. The minimum atomic E-state index is -1.09. The van der Waals surface area contributed by atoms with Gasteiger partial charge in [0.15, 0.2) is 0 Å². The molecule has 2 rings (SSSR count). The number of nitrogens with one attached hydrogen (secondary N) is 2. The lowest BCUT2D eigenvalue weighted by molar-refractivity contribution is -0.144. The highest BCUT2D eigenvalue weighted by atomic mass is 32.1. The van der Waals surface area contributed by atoms with E-state index in [0.717, 1.165) is 18.5 Å². The second kappa shape index (κ2) is 5.34. The van der Waals surface area contributed by atoms with Gasteiger partial charge in [-0.05, 0) is 12.8 Å². The molecule has 1 aliphatic carbocycles. The number of aromatic nitrogens is 1. The van der Waals surface area contributed by atoms with Crippen molar-refractivity contribution in [2.45, 2.75) is 37.8 Å². The smallest absolute Gasteiger partial charge is 0.329 e. The topological polar surface area (TPSA) is 91.3 Å². The van der Waals surface area contributed by atoms with E-state index in [4.69, 9.17) is 0 Å². The number of hydrogen-bond acceptors (Lipinski definition) is 4. The van der Waals surface area contributed by atoms with Crippen LogP contribution in [0, 0.1) is 0 Å². The molecule has 7 heteroatoms. The van der Waals surface area contributed by atoms with E-state index in [9.17, 15) is 14.7 Å². The highest BCUT2D eigenvalue weighted by molar-refractivity contribution is 7.07. The average molecular weight is 269 g/mol. The zero-order valence-electron chi connectivity index (χ0n) is 9.81. The minimum absolute atomic E-state index is 0.311. The molecule has 0 aromatic carbocycles. The number of nitrogens with zero attached hydrogens (tertiary/aromatic N) is 1. The second-order valence-electron chi connectivity index (χ2n) is 4.38. The third-order valence-corrected chi connectivity index (χ3v) is 3.77. The van der Waals surface area contributed by atoms with E-state index in [1.165, 1.54) is 11.3 Å². The first-order valence-electron chi connectivity index (χ1n) is 5.79. The fraction of sp³-hybridized carbons (Fsp3) is 0.545. The van der Waals surface area contributed by atoms with Crippen molar-refractivity contribution in [2.24, 2.45) is 0 Å². The van der Waals surface area contributed by atoms with Crippen molar-refractivity contribution in [3.63, 3.8) is 0 Å². The molecule has 98 valence electrons. The van der Waals surface area contributed by atoms with Gasteiger partial charge in [-0.1, -0.05) is 12.8 Å². The summed E-state index contributed by atoms with van der Waals surface area (Å²) in [4.78, 5) is 27.0. The Morgan fingerprint density at radius 3 is 2.72 bits per heavy atom. The van der Waals surface area contributed by atoms with Gasteiger partial charge >= 0.3 is 12.0 Å². The molecule has 1 heterocycles. The van der Waals surface area contributed by atoms with Crippen molar-refractivity contribution in [2.75, 3.05) is 0 Å². The summed E-state index contributed by atoms with van der Waals surface area (Å²) in [5, 5.41) is 16.3. The van der Waals surface area contributed by atoms with Gasteiger partial charge in [0.25, 0.3) is 0 Å². The van der Waals surface area contributed by atoms with Crippen molar-refractivity contribution in [1.82, 2.24) is 15.6 Å². The lowest BCUT2D eigenvalue weighted by atomic mass is 9.98. The van der Waals surface area contributed by atoms with Gasteiger partial charge in [0.05, 0.1) is 17.7 Å². The molecule has 6 nitrogen and oxygen atoms in total. The number of carbonyl (C=O) groups is 2. The van der Waals surface area contributed by atoms with Crippen LogP contribution < -0.4 is 10.6 Å². The Balaban J connectivity index is 1.88. The molecule has 1 aliphatic rings. The first-order valence-corrected chi connectivity index (χ1v) is 6.73. The van der Waals surface area contributed by atoms with Crippen LogP contribution in [0.25, 0.3) is 0 Å². The molecule has 1 aromatic heterocycles. The molecular formula is C11H15N3O3S. The van der Waals surface area contributed by atoms with E-state index in [0.29, 0.717) is 19.4 Å². The molecule has 3 N–H and O–H groups in total. The molecular weight excluding hydrogens is 254 g/mol. The summed E-state index contributed by atoms with van der Waals surface area (Å²) in [5.41, 5.74) is 1.36. The zero-order valence-corrected chi connectivity index (χ0v) is 10.6. The lowest BCUT2D eigenvalue weighted by Gasteiger charge is -2.25. The maximum absolute atomic E-state index is 11.7. The monoisotopic (exact) mass is 269 g/mol. The van der Waals surface area contributed by atoms with Gasteiger partial charge in [-0.15, -0.1) is 11.3 Å². The summed E-state index contributed by atoms with van der Waals surface area (Å²) in [5.74, 6) is -0.955. The maximum atomic E-state index is 11.7. The lowest BCUT2D eigenvalue weighted by Crippen LogP contribution is -2.55. The van der Waals surface area contributed by atoms with E-state index in [2.05, 4.69) is 15.6 Å². The standard InChI is InChI=1S/C11H15N3O3S/c15-9(16)11(3-1-2-4-11)14-10(17)12-5-8-6-18-7-13-8/h6-7H,1-5H2,(H,15,16)(H2,12,14,17). The van der Waals surface area contributed by atoms with Crippen LogP contribution in [0.15, 0.2) is 10.9 Å². The number of aliphatic carboxylic acids is 1. The number of carboxylic acid groups (broad SMARTS) is 1. The largest absolute Gasteiger partial charge is 0.480 e. The predicted molar refractivity (Wildman–Crippen MR) is 66.3 cm³/mol. The molecule has 0 aliphatic heterocycles. The Hall–Kier alpha value is -1.63. The SMILES string of the molecule is O=C(NCc1cscn1)NC1(C(=O)O)CCCC1. The number of amides is 2. The maximum Gasteiger partial charge on any atom is 0.329 e. The molecule has 0 spiro atoms. The van der Waals surface area contributed by atoms with Crippen molar-refractivity contribution >= 4 is 23.3 Å². The molecule has 1 saturated carbocycles. The summed E-state index contributed by atoms with van der Waals surface area (Å²) in [6, 6.07) is -0.452. The van der Waals surface area contributed by atoms with Gasteiger partial charge in [0.1, 0.15) is 5.54 Å². The Labute approximate surface area is 108 Å². The molecule has 0 atom stereocenters. The van der Waals surface area contributed by atoms with Crippen LogP contribution in [-0.2, 0) is 11.3 Å². The van der Waals surface area contributed by atoms with Crippen LogP contribution in [0.1, 0.15) is 31.4 Å². The molecule has 1 fully saturated rings. The zero-order chi connectivity index (χ0) is 13.0. The van der Waals surface area contributed by atoms with E-state index in [1.54, 1.807) is 5.51 Å². The van der Waals surface area contributed by atoms with Gasteiger partial charge in [0, 0.05) is 5.38 Å². The van der Waals surface area contributed by atoms with Crippen LogP contribution >= 0.6 is 11.3 Å². The van der Waals surface area contributed by atoms with Crippen LogP contribution in [0.3, 0.4) is 0 Å². The van der Waals surface area contributed by atoms with Gasteiger partial charge < -0.3 is 15.7 Å². The first kappa shape index (κ1) is 12.8. The molecule has 1 aromatic rings. The Morgan fingerprint density at radius 1 is 1.44 bits per heavy atom. The van der Waals surface area contributed by atoms with Crippen LogP contribution in [0.2, 0.25) is 0 Å². The third-order valence-electron chi connectivity index (χ3n) is 3.13. The van der Waals surface area contributed by atoms with E-state index >= 15 is 0 Å². The van der Waals surface area contributed by atoms with Crippen molar-refractivity contribution in [3.05, 3.63) is 16.6 Å². The van der Waals surface area contributed by atoms with Crippen molar-refractivity contribution < 1.29 is 14.7 Å². The number of hydrogen-bond donors (Lipinski definition) is 3. The van der Waals surface area contributed by atoms with Crippen LogP contribution in [0.5, 0.6) is 0 Å². The molecule has 0 bridgehead atoms. The molecule has 0 radical (unpaired) electrons. The van der Waals surface area contributed by atoms with Crippen LogP contribution in [0.4, 0.5) is 4.79 Å². The normalized spacial score (nSPS) is 17.3. The van der Waals surface area contributed by atoms with E-state index in [1.807, 2.05) is 5.38 Å². The number of carboxylic acids is 1. The second-order valence-corrected chi connectivity index (χ2v) is 5.10. The Morgan fingerprint density at radius 2 is 2.17 bits per heavy atom. The van der Waals surface area contributed by atoms with Gasteiger partial charge in [-0.2, -0.15) is 0 Å². The van der Waals surface area contributed by atoms with E-state index in [-0.39, 0.29) is 0 Å². The van der Waals surface area contributed by atoms with Crippen molar-refractivity contribution in [3.8, 4) is 0 Å². The highest BCUT2D eigenvalue weighted by Gasteiger charge is 2.42. The van der Waals surface area contributed by atoms with E-state index < -0.39 is 17.5 Å². The fourth-order valence-corrected chi connectivity index (χ4v) is 2.69. The fourth-order valence-electron chi connectivity index (χ4n) is 2.13. The number of urea groups is 1. The van der Waals surface area contributed by atoms with Gasteiger partial charge in [-0.25, -0.2) is 14.6 Å². The number of rotatable bonds is 4. The van der Waals surface area contributed by atoms with Gasteiger partial charge in [-0.3, -0.25) is 0 Å². The van der Waals surface area contributed by atoms with Gasteiger partial charge in [0.2, 0.25) is 0 Å². The summed E-state index contributed by atoms with van der Waals surface area (Å²) in [7, 11) is 0. The molecule has 2 amide bonds.